The van der Waals surface area contributed by atoms with Crippen LogP contribution in [0.5, 0.6) is 5.88 Å². The predicted molar refractivity (Wildman–Crippen MR) is 76.6 cm³/mol. The standard InChI is InChI=1S/C13H21N3O3S/c1-19-13-10-12(6-7-14-13)11-15-20(17,18)16-8-4-2-3-5-9-16/h6-7,10,15H,2-5,8-9,11H2,1H3. The molecular weight excluding hydrogens is 278 g/mol. The highest BCUT2D eigenvalue weighted by atomic mass is 32.2. The maximum atomic E-state index is 12.2. The highest BCUT2D eigenvalue weighted by Gasteiger charge is 2.22. The van der Waals surface area contributed by atoms with Gasteiger partial charge in [-0.25, -0.2) is 4.98 Å². The molecule has 1 aliphatic heterocycles. The minimum absolute atomic E-state index is 0.248. The van der Waals surface area contributed by atoms with Crippen LogP contribution in [0, 0.1) is 0 Å². The second kappa shape index (κ2) is 7.01. The van der Waals surface area contributed by atoms with Gasteiger partial charge in [-0.15, -0.1) is 0 Å². The average molecular weight is 299 g/mol. The second-order valence-electron chi connectivity index (χ2n) is 4.85. The Kier molecular flexibility index (Phi) is 5.33. The minimum Gasteiger partial charge on any atom is -0.481 e. The van der Waals surface area contributed by atoms with Crippen LogP contribution in [0.4, 0.5) is 0 Å². The van der Waals surface area contributed by atoms with E-state index in [1.165, 1.54) is 7.11 Å². The number of nitrogens with one attached hydrogen (secondary N) is 1. The Labute approximate surface area is 120 Å². The smallest absolute Gasteiger partial charge is 0.279 e. The van der Waals surface area contributed by atoms with Crippen molar-refractivity contribution in [1.82, 2.24) is 14.0 Å². The molecule has 0 bridgehead atoms. The fourth-order valence-electron chi connectivity index (χ4n) is 2.22. The molecule has 0 aromatic carbocycles. The van der Waals surface area contributed by atoms with E-state index in [-0.39, 0.29) is 6.54 Å². The number of nitrogens with zero attached hydrogens (tertiary/aromatic N) is 2. The van der Waals surface area contributed by atoms with Gasteiger partial charge in [-0.3, -0.25) is 0 Å². The molecule has 0 amide bonds. The number of rotatable bonds is 5. The fourth-order valence-corrected chi connectivity index (χ4v) is 3.49. The Morgan fingerprint density at radius 2 is 2.00 bits per heavy atom. The molecule has 2 heterocycles. The van der Waals surface area contributed by atoms with Gasteiger partial charge in [-0.1, -0.05) is 12.8 Å². The number of hydrogen-bond acceptors (Lipinski definition) is 4. The summed E-state index contributed by atoms with van der Waals surface area (Å²) in [5, 5.41) is 0. The lowest BCUT2D eigenvalue weighted by Crippen LogP contribution is -2.40. The van der Waals surface area contributed by atoms with Gasteiger partial charge in [-0.05, 0) is 24.5 Å². The van der Waals surface area contributed by atoms with Crippen molar-refractivity contribution in [2.45, 2.75) is 32.2 Å². The second-order valence-corrected chi connectivity index (χ2v) is 6.60. The number of methoxy groups -OCH3 is 1. The molecule has 1 saturated heterocycles. The van der Waals surface area contributed by atoms with Gasteiger partial charge < -0.3 is 4.74 Å². The summed E-state index contributed by atoms with van der Waals surface area (Å²) in [6.45, 7) is 1.46. The average Bonchev–Trinajstić information content (AvgIpc) is 2.75. The van der Waals surface area contributed by atoms with Crippen molar-refractivity contribution in [2.24, 2.45) is 0 Å². The third-order valence-corrected chi connectivity index (χ3v) is 4.93. The first kappa shape index (κ1) is 15.2. The monoisotopic (exact) mass is 299 g/mol. The van der Waals surface area contributed by atoms with E-state index in [1.807, 2.05) is 0 Å². The van der Waals surface area contributed by atoms with Crippen LogP contribution in [0.1, 0.15) is 31.2 Å². The zero-order chi connectivity index (χ0) is 14.4. The van der Waals surface area contributed by atoms with E-state index in [9.17, 15) is 8.42 Å². The molecule has 0 atom stereocenters. The summed E-state index contributed by atoms with van der Waals surface area (Å²) >= 11 is 0. The van der Waals surface area contributed by atoms with Crippen LogP contribution in [-0.4, -0.2) is 37.9 Å². The van der Waals surface area contributed by atoms with E-state index in [4.69, 9.17) is 4.74 Å². The zero-order valence-electron chi connectivity index (χ0n) is 11.7. The van der Waals surface area contributed by atoms with Crippen molar-refractivity contribution < 1.29 is 13.2 Å². The Balaban J connectivity index is 1.97. The molecule has 0 saturated carbocycles. The topological polar surface area (TPSA) is 71.5 Å². The summed E-state index contributed by atoms with van der Waals surface area (Å²) in [5.74, 6) is 0.483. The first-order valence-electron chi connectivity index (χ1n) is 6.85. The third-order valence-electron chi connectivity index (χ3n) is 3.37. The number of ether oxygens (including phenoxy) is 1. The number of pyridine rings is 1. The molecule has 1 aromatic rings. The summed E-state index contributed by atoms with van der Waals surface area (Å²) < 4.78 is 33.7. The van der Waals surface area contributed by atoms with Gasteiger partial charge in [0, 0.05) is 31.9 Å². The maximum Gasteiger partial charge on any atom is 0.279 e. The van der Waals surface area contributed by atoms with Gasteiger partial charge >= 0.3 is 0 Å². The molecule has 7 heteroatoms. The summed E-state index contributed by atoms with van der Waals surface area (Å²) in [6, 6.07) is 3.50. The first-order chi connectivity index (χ1) is 9.62. The van der Waals surface area contributed by atoms with Crippen LogP contribution in [0.2, 0.25) is 0 Å². The molecule has 112 valence electrons. The molecule has 1 aliphatic rings. The Morgan fingerprint density at radius 1 is 1.30 bits per heavy atom. The van der Waals surface area contributed by atoms with Gasteiger partial charge in [0.2, 0.25) is 5.88 Å². The van der Waals surface area contributed by atoms with Crippen molar-refractivity contribution in [2.75, 3.05) is 20.2 Å². The molecule has 0 spiro atoms. The number of aromatic nitrogens is 1. The number of hydrogen-bond donors (Lipinski definition) is 1. The molecule has 0 aliphatic carbocycles. The summed E-state index contributed by atoms with van der Waals surface area (Å²) in [7, 11) is -1.87. The van der Waals surface area contributed by atoms with Gasteiger partial charge in [0.05, 0.1) is 7.11 Å². The Morgan fingerprint density at radius 3 is 2.65 bits per heavy atom. The van der Waals surface area contributed by atoms with Crippen molar-refractivity contribution >= 4 is 10.2 Å². The molecule has 0 unspecified atom stereocenters. The minimum atomic E-state index is -3.40. The molecular formula is C13H21N3O3S. The van der Waals surface area contributed by atoms with E-state index < -0.39 is 10.2 Å². The molecule has 1 N–H and O–H groups in total. The first-order valence-corrected chi connectivity index (χ1v) is 8.29. The van der Waals surface area contributed by atoms with E-state index in [0.717, 1.165) is 31.2 Å². The van der Waals surface area contributed by atoms with Crippen LogP contribution < -0.4 is 9.46 Å². The molecule has 1 fully saturated rings. The maximum absolute atomic E-state index is 12.2. The Bertz CT molecular complexity index is 525. The molecule has 0 radical (unpaired) electrons. The van der Waals surface area contributed by atoms with Gasteiger partial charge in [0.1, 0.15) is 0 Å². The van der Waals surface area contributed by atoms with Crippen LogP contribution in [-0.2, 0) is 16.8 Å². The van der Waals surface area contributed by atoms with Gasteiger partial charge in [0.25, 0.3) is 10.2 Å². The summed E-state index contributed by atoms with van der Waals surface area (Å²) in [5.41, 5.74) is 0.829. The van der Waals surface area contributed by atoms with Crippen molar-refractivity contribution in [3.8, 4) is 5.88 Å². The van der Waals surface area contributed by atoms with Crippen molar-refractivity contribution in [1.29, 1.82) is 0 Å². The lowest BCUT2D eigenvalue weighted by Gasteiger charge is -2.20. The van der Waals surface area contributed by atoms with Gasteiger partial charge in [-0.2, -0.15) is 17.4 Å². The highest BCUT2D eigenvalue weighted by molar-refractivity contribution is 7.87. The van der Waals surface area contributed by atoms with Crippen LogP contribution >= 0.6 is 0 Å². The van der Waals surface area contributed by atoms with Crippen LogP contribution in [0.25, 0.3) is 0 Å². The predicted octanol–water partition coefficient (Wildman–Crippen LogP) is 1.30. The van der Waals surface area contributed by atoms with E-state index >= 15 is 0 Å². The lowest BCUT2D eigenvalue weighted by atomic mass is 10.2. The Hall–Kier alpha value is -1.18. The largest absolute Gasteiger partial charge is 0.481 e. The SMILES string of the molecule is COc1cc(CNS(=O)(=O)N2CCCCCC2)ccn1. The molecule has 1 aromatic heterocycles. The van der Waals surface area contributed by atoms with E-state index in [1.54, 1.807) is 22.6 Å². The van der Waals surface area contributed by atoms with Crippen LogP contribution in [0.15, 0.2) is 18.3 Å². The van der Waals surface area contributed by atoms with E-state index in [0.29, 0.717) is 19.0 Å². The van der Waals surface area contributed by atoms with Gasteiger partial charge in [0.15, 0.2) is 0 Å². The zero-order valence-corrected chi connectivity index (χ0v) is 12.5. The lowest BCUT2D eigenvalue weighted by molar-refractivity contribution is 0.396. The molecule has 2 rings (SSSR count). The quantitative estimate of drug-likeness (QED) is 0.889. The summed E-state index contributed by atoms with van der Waals surface area (Å²) in [4.78, 5) is 3.99. The van der Waals surface area contributed by atoms with E-state index in [2.05, 4.69) is 9.71 Å². The van der Waals surface area contributed by atoms with Crippen molar-refractivity contribution in [3.05, 3.63) is 23.9 Å². The normalized spacial score (nSPS) is 17.6. The third kappa shape index (κ3) is 4.16. The summed E-state index contributed by atoms with van der Waals surface area (Å²) in [6.07, 6.45) is 5.68. The molecule has 6 nitrogen and oxygen atoms in total. The van der Waals surface area contributed by atoms with Crippen molar-refractivity contribution in [3.63, 3.8) is 0 Å². The molecule has 20 heavy (non-hydrogen) atoms. The van der Waals surface area contributed by atoms with Crippen LogP contribution in [0.3, 0.4) is 0 Å². The fraction of sp³-hybridized carbons (Fsp3) is 0.615. The highest BCUT2D eigenvalue weighted by Crippen LogP contribution is 2.13.